The van der Waals surface area contributed by atoms with Crippen LogP contribution in [0.15, 0.2) is 47.5 Å². The van der Waals surface area contributed by atoms with Crippen molar-refractivity contribution >= 4 is 23.5 Å². The highest BCUT2D eigenvalue weighted by molar-refractivity contribution is 6.30. The molecule has 0 unspecified atom stereocenters. The van der Waals surface area contributed by atoms with E-state index in [0.717, 1.165) is 12.1 Å². The van der Waals surface area contributed by atoms with E-state index in [0.29, 0.717) is 16.3 Å². The molecule has 104 valence electrons. The highest BCUT2D eigenvalue weighted by atomic mass is 35.5. The monoisotopic (exact) mass is 299 g/mol. The van der Waals surface area contributed by atoms with Gasteiger partial charge in [-0.1, -0.05) is 11.6 Å². The van der Waals surface area contributed by atoms with E-state index >= 15 is 0 Å². The number of halogens is 4. The van der Waals surface area contributed by atoms with Crippen LogP contribution in [0.1, 0.15) is 11.1 Å². The van der Waals surface area contributed by atoms with Crippen LogP contribution in [0.2, 0.25) is 5.02 Å². The third-order valence-electron chi connectivity index (χ3n) is 2.54. The van der Waals surface area contributed by atoms with Crippen LogP contribution in [-0.2, 0) is 6.18 Å². The Balaban J connectivity index is 2.21. The number of aliphatic imine (C=N–C) groups is 1. The summed E-state index contributed by atoms with van der Waals surface area (Å²) in [7, 11) is 0. The number of nitrogens with zero attached hydrogens (tertiary/aromatic N) is 1. The molecule has 0 heterocycles. The molecule has 0 radical (unpaired) electrons. The highest BCUT2D eigenvalue weighted by Crippen LogP contribution is 2.30. The highest BCUT2D eigenvalue weighted by Gasteiger charge is 2.29. The molecule has 0 atom stereocenters. The normalized spacial score (nSPS) is 12.0. The van der Waals surface area contributed by atoms with Gasteiger partial charge in [0.1, 0.15) is 5.75 Å². The van der Waals surface area contributed by atoms with Crippen molar-refractivity contribution in [3.05, 3.63) is 58.6 Å². The summed E-state index contributed by atoms with van der Waals surface area (Å²) in [5, 5.41) is 9.99. The molecule has 0 spiro atoms. The van der Waals surface area contributed by atoms with Gasteiger partial charge in [-0.2, -0.15) is 13.2 Å². The van der Waals surface area contributed by atoms with Crippen molar-refractivity contribution in [2.24, 2.45) is 4.99 Å². The third-order valence-corrected chi connectivity index (χ3v) is 2.77. The Bertz CT molecular complexity index is 636. The Labute approximate surface area is 118 Å². The van der Waals surface area contributed by atoms with Crippen molar-refractivity contribution in [2.75, 3.05) is 0 Å². The van der Waals surface area contributed by atoms with Crippen molar-refractivity contribution in [1.82, 2.24) is 0 Å². The number of aromatic hydroxyl groups is 1. The molecule has 0 aliphatic heterocycles. The second kappa shape index (κ2) is 5.54. The predicted octanol–water partition coefficient (Wildman–Crippen LogP) is 4.82. The number of hydrogen-bond acceptors (Lipinski definition) is 2. The Morgan fingerprint density at radius 2 is 1.70 bits per heavy atom. The topological polar surface area (TPSA) is 32.6 Å². The van der Waals surface area contributed by atoms with Gasteiger partial charge in [-0.15, -0.1) is 0 Å². The summed E-state index contributed by atoms with van der Waals surface area (Å²) in [6.07, 6.45) is -3.03. The maximum Gasteiger partial charge on any atom is 0.416 e. The van der Waals surface area contributed by atoms with Crippen LogP contribution in [-0.4, -0.2) is 11.3 Å². The fourth-order valence-electron chi connectivity index (χ4n) is 1.51. The van der Waals surface area contributed by atoms with Crippen molar-refractivity contribution in [2.45, 2.75) is 6.18 Å². The van der Waals surface area contributed by atoms with Crippen LogP contribution in [0.5, 0.6) is 5.75 Å². The molecule has 1 N–H and O–H groups in total. The standard InChI is InChI=1S/C14H9ClF3NO/c15-11-3-6-13(20)9(7-11)8-19-12-4-1-10(2-5-12)14(16,17)18/h1-8,20H. The number of hydrogen-bond donors (Lipinski definition) is 1. The second-order valence-corrected chi connectivity index (χ2v) is 4.44. The summed E-state index contributed by atoms with van der Waals surface area (Å²) >= 11 is 5.77. The Morgan fingerprint density at radius 1 is 1.05 bits per heavy atom. The number of alkyl halides is 3. The van der Waals surface area contributed by atoms with Crippen molar-refractivity contribution in [3.63, 3.8) is 0 Å². The van der Waals surface area contributed by atoms with E-state index in [2.05, 4.69) is 4.99 Å². The third kappa shape index (κ3) is 3.51. The van der Waals surface area contributed by atoms with E-state index in [1.807, 2.05) is 0 Å². The molecule has 2 rings (SSSR count). The van der Waals surface area contributed by atoms with Gasteiger partial charge in [0.25, 0.3) is 0 Å². The molecule has 20 heavy (non-hydrogen) atoms. The maximum absolute atomic E-state index is 12.4. The average Bonchev–Trinajstić information content (AvgIpc) is 2.39. The minimum atomic E-state index is -4.37. The molecular weight excluding hydrogens is 291 g/mol. The van der Waals surface area contributed by atoms with E-state index in [1.165, 1.54) is 36.5 Å². The molecular formula is C14H9ClF3NO. The number of rotatable bonds is 2. The molecule has 0 saturated heterocycles. The number of phenols is 1. The largest absolute Gasteiger partial charge is 0.507 e. The molecule has 0 fully saturated rings. The van der Waals surface area contributed by atoms with Gasteiger partial charge in [-0.3, -0.25) is 4.99 Å². The number of phenolic OH excluding ortho intramolecular Hbond substituents is 1. The minimum absolute atomic E-state index is 0.00920. The summed E-state index contributed by atoms with van der Waals surface area (Å²) in [6.45, 7) is 0. The van der Waals surface area contributed by atoms with Crippen molar-refractivity contribution in [3.8, 4) is 5.75 Å². The van der Waals surface area contributed by atoms with E-state index < -0.39 is 11.7 Å². The molecule has 0 amide bonds. The molecule has 0 aromatic heterocycles. The van der Waals surface area contributed by atoms with Gasteiger partial charge in [-0.25, -0.2) is 0 Å². The van der Waals surface area contributed by atoms with Crippen LogP contribution >= 0.6 is 11.6 Å². The fraction of sp³-hybridized carbons (Fsp3) is 0.0714. The molecule has 0 aliphatic rings. The van der Waals surface area contributed by atoms with Gasteiger partial charge in [0, 0.05) is 16.8 Å². The summed E-state index contributed by atoms with van der Waals surface area (Å²) < 4.78 is 37.1. The lowest BCUT2D eigenvalue weighted by Crippen LogP contribution is -2.03. The first-order chi connectivity index (χ1) is 9.36. The van der Waals surface area contributed by atoms with Gasteiger partial charge >= 0.3 is 6.18 Å². The van der Waals surface area contributed by atoms with Gasteiger partial charge in [0.05, 0.1) is 11.3 Å². The van der Waals surface area contributed by atoms with Crippen LogP contribution < -0.4 is 0 Å². The average molecular weight is 300 g/mol. The lowest BCUT2D eigenvalue weighted by molar-refractivity contribution is -0.137. The summed E-state index contributed by atoms with van der Waals surface area (Å²) in [5.41, 5.74) is -0.00294. The van der Waals surface area contributed by atoms with Crippen LogP contribution in [0.4, 0.5) is 18.9 Å². The predicted molar refractivity (Wildman–Crippen MR) is 71.8 cm³/mol. The first-order valence-electron chi connectivity index (χ1n) is 5.56. The van der Waals surface area contributed by atoms with Gasteiger partial charge in [-0.05, 0) is 42.5 Å². The molecule has 0 bridgehead atoms. The summed E-state index contributed by atoms with van der Waals surface area (Å²) in [5.74, 6) is -0.00920. The van der Waals surface area contributed by atoms with E-state index in [4.69, 9.17) is 11.6 Å². The lowest BCUT2D eigenvalue weighted by atomic mass is 10.2. The number of benzene rings is 2. The molecule has 0 aliphatic carbocycles. The molecule has 2 aromatic carbocycles. The zero-order valence-corrected chi connectivity index (χ0v) is 10.8. The van der Waals surface area contributed by atoms with Crippen molar-refractivity contribution < 1.29 is 18.3 Å². The Morgan fingerprint density at radius 3 is 2.30 bits per heavy atom. The molecule has 2 nitrogen and oxygen atoms in total. The summed E-state index contributed by atoms with van der Waals surface area (Å²) in [4.78, 5) is 3.99. The zero-order chi connectivity index (χ0) is 14.8. The maximum atomic E-state index is 12.4. The first kappa shape index (κ1) is 14.4. The minimum Gasteiger partial charge on any atom is -0.507 e. The van der Waals surface area contributed by atoms with Gasteiger partial charge < -0.3 is 5.11 Å². The fourth-order valence-corrected chi connectivity index (χ4v) is 1.69. The van der Waals surface area contributed by atoms with Crippen molar-refractivity contribution in [1.29, 1.82) is 0 Å². The van der Waals surface area contributed by atoms with Crippen LogP contribution in [0.3, 0.4) is 0 Å². The van der Waals surface area contributed by atoms with Crippen LogP contribution in [0, 0.1) is 0 Å². The van der Waals surface area contributed by atoms with Gasteiger partial charge in [0.2, 0.25) is 0 Å². The second-order valence-electron chi connectivity index (χ2n) is 4.01. The van der Waals surface area contributed by atoms with E-state index in [1.54, 1.807) is 0 Å². The first-order valence-corrected chi connectivity index (χ1v) is 5.94. The van der Waals surface area contributed by atoms with E-state index in [-0.39, 0.29) is 5.75 Å². The molecule has 6 heteroatoms. The SMILES string of the molecule is Oc1ccc(Cl)cc1C=Nc1ccc(C(F)(F)F)cc1. The molecule has 2 aromatic rings. The summed E-state index contributed by atoms with van der Waals surface area (Å²) in [6, 6.07) is 8.84. The van der Waals surface area contributed by atoms with E-state index in [9.17, 15) is 18.3 Å². The lowest BCUT2D eigenvalue weighted by Gasteiger charge is -2.05. The zero-order valence-electron chi connectivity index (χ0n) is 10.0. The smallest absolute Gasteiger partial charge is 0.416 e. The Kier molecular flexibility index (Phi) is 3.99. The Hall–Kier alpha value is -2.01. The van der Waals surface area contributed by atoms with Gasteiger partial charge in [0.15, 0.2) is 0 Å². The quantitative estimate of drug-likeness (QED) is 0.793. The molecule has 0 saturated carbocycles. The van der Waals surface area contributed by atoms with Crippen LogP contribution in [0.25, 0.3) is 0 Å².